The first-order chi connectivity index (χ1) is 13.4. The van der Waals surface area contributed by atoms with Gasteiger partial charge >= 0.3 is 0 Å². The van der Waals surface area contributed by atoms with E-state index in [4.69, 9.17) is 4.74 Å². The van der Waals surface area contributed by atoms with Crippen LogP contribution >= 0.6 is 0 Å². The molecule has 3 rings (SSSR count). The molecule has 6 heteroatoms. The number of rotatable bonds is 5. The number of ether oxygens (including phenoxy) is 1. The number of carbonyl (C=O) groups is 2. The van der Waals surface area contributed by atoms with Gasteiger partial charge in [-0.1, -0.05) is 12.1 Å². The third kappa shape index (κ3) is 4.32. The molecule has 1 heterocycles. The maximum absolute atomic E-state index is 13.8. The number of methoxy groups -OCH3 is 1. The SMILES string of the molecule is COc1ccc(C(=O)N2CC(C(=O)NC(C)C)C(c3cccc(F)c3)C2)cc1. The summed E-state index contributed by atoms with van der Waals surface area (Å²) < 4.78 is 18.9. The van der Waals surface area contributed by atoms with Crippen LogP contribution in [-0.2, 0) is 4.79 Å². The van der Waals surface area contributed by atoms with E-state index < -0.39 is 5.92 Å². The molecule has 0 aliphatic carbocycles. The molecule has 0 bridgehead atoms. The third-order valence-corrected chi connectivity index (χ3v) is 4.99. The molecule has 2 aromatic carbocycles. The molecule has 0 saturated carbocycles. The molecule has 0 radical (unpaired) electrons. The van der Waals surface area contributed by atoms with Gasteiger partial charge in [-0.3, -0.25) is 9.59 Å². The topological polar surface area (TPSA) is 58.6 Å². The van der Waals surface area contributed by atoms with E-state index in [1.807, 2.05) is 19.9 Å². The summed E-state index contributed by atoms with van der Waals surface area (Å²) in [6, 6.07) is 13.1. The number of nitrogens with one attached hydrogen (secondary N) is 1. The highest BCUT2D eigenvalue weighted by molar-refractivity contribution is 5.95. The first kappa shape index (κ1) is 19.9. The standard InChI is InChI=1S/C22H25FN2O3/c1-14(2)24-21(26)20-13-25(12-19(20)16-5-4-6-17(23)11-16)22(27)15-7-9-18(28-3)10-8-15/h4-11,14,19-20H,12-13H2,1-3H3,(H,24,26). The zero-order chi connectivity index (χ0) is 20.3. The van der Waals surface area contributed by atoms with Gasteiger partial charge in [-0.05, 0) is 55.8 Å². The Morgan fingerprint density at radius 1 is 1.14 bits per heavy atom. The minimum Gasteiger partial charge on any atom is -0.497 e. The van der Waals surface area contributed by atoms with Crippen LogP contribution < -0.4 is 10.1 Å². The molecule has 28 heavy (non-hydrogen) atoms. The fraction of sp³-hybridized carbons (Fsp3) is 0.364. The van der Waals surface area contributed by atoms with Crippen molar-refractivity contribution in [3.05, 3.63) is 65.5 Å². The molecule has 1 N–H and O–H groups in total. The summed E-state index contributed by atoms with van der Waals surface area (Å²) in [7, 11) is 1.57. The van der Waals surface area contributed by atoms with E-state index in [1.165, 1.54) is 12.1 Å². The van der Waals surface area contributed by atoms with E-state index >= 15 is 0 Å². The molecule has 2 unspecified atom stereocenters. The van der Waals surface area contributed by atoms with Crippen LogP contribution in [0.3, 0.4) is 0 Å². The van der Waals surface area contributed by atoms with Crippen molar-refractivity contribution in [2.24, 2.45) is 5.92 Å². The van der Waals surface area contributed by atoms with Crippen LogP contribution in [0.15, 0.2) is 48.5 Å². The Balaban J connectivity index is 1.85. The molecular formula is C22H25FN2O3. The summed E-state index contributed by atoms with van der Waals surface area (Å²) >= 11 is 0. The minimum atomic E-state index is -0.425. The smallest absolute Gasteiger partial charge is 0.253 e. The van der Waals surface area contributed by atoms with Crippen molar-refractivity contribution in [3.8, 4) is 5.75 Å². The fourth-order valence-electron chi connectivity index (χ4n) is 3.62. The first-order valence-electron chi connectivity index (χ1n) is 9.38. The maximum atomic E-state index is 13.8. The average Bonchev–Trinajstić information content (AvgIpc) is 3.12. The van der Waals surface area contributed by atoms with Gasteiger partial charge in [0.25, 0.3) is 5.91 Å². The van der Waals surface area contributed by atoms with E-state index in [1.54, 1.807) is 42.3 Å². The van der Waals surface area contributed by atoms with Crippen molar-refractivity contribution in [3.63, 3.8) is 0 Å². The highest BCUT2D eigenvalue weighted by atomic mass is 19.1. The number of hydrogen-bond donors (Lipinski definition) is 1. The van der Waals surface area contributed by atoms with Crippen molar-refractivity contribution in [1.82, 2.24) is 10.2 Å². The molecule has 0 spiro atoms. The van der Waals surface area contributed by atoms with Crippen LogP contribution in [0.1, 0.15) is 35.7 Å². The van der Waals surface area contributed by atoms with E-state index in [0.717, 1.165) is 5.56 Å². The van der Waals surface area contributed by atoms with Gasteiger partial charge in [-0.25, -0.2) is 4.39 Å². The van der Waals surface area contributed by atoms with Gasteiger partial charge < -0.3 is 15.0 Å². The third-order valence-electron chi connectivity index (χ3n) is 4.99. The second kappa shape index (κ2) is 8.42. The number of halogens is 1. The van der Waals surface area contributed by atoms with Gasteiger partial charge in [0.1, 0.15) is 11.6 Å². The van der Waals surface area contributed by atoms with Gasteiger partial charge in [0.05, 0.1) is 13.0 Å². The summed E-state index contributed by atoms with van der Waals surface area (Å²) in [6.45, 7) is 4.45. The van der Waals surface area contributed by atoms with E-state index in [0.29, 0.717) is 24.4 Å². The zero-order valence-electron chi connectivity index (χ0n) is 16.3. The van der Waals surface area contributed by atoms with E-state index in [9.17, 15) is 14.0 Å². The Morgan fingerprint density at radius 2 is 1.86 bits per heavy atom. The molecule has 5 nitrogen and oxygen atoms in total. The number of likely N-dealkylation sites (tertiary alicyclic amines) is 1. The van der Waals surface area contributed by atoms with Crippen LogP contribution in [0.2, 0.25) is 0 Å². The van der Waals surface area contributed by atoms with Crippen LogP contribution in [-0.4, -0.2) is 43.0 Å². The van der Waals surface area contributed by atoms with E-state index in [2.05, 4.69) is 5.32 Å². The molecule has 0 aromatic heterocycles. The monoisotopic (exact) mass is 384 g/mol. The molecule has 1 aliphatic heterocycles. The predicted molar refractivity (Wildman–Crippen MR) is 105 cm³/mol. The molecule has 1 saturated heterocycles. The number of hydrogen-bond acceptors (Lipinski definition) is 3. The van der Waals surface area contributed by atoms with Gasteiger partial charge in [0.15, 0.2) is 0 Å². The summed E-state index contributed by atoms with van der Waals surface area (Å²) in [5, 5.41) is 2.93. The highest BCUT2D eigenvalue weighted by Crippen LogP contribution is 2.34. The Hall–Kier alpha value is -2.89. The van der Waals surface area contributed by atoms with E-state index in [-0.39, 0.29) is 29.6 Å². The second-order valence-corrected chi connectivity index (χ2v) is 7.37. The minimum absolute atomic E-state index is 0.00741. The lowest BCUT2D eigenvalue weighted by Crippen LogP contribution is -2.39. The molecule has 1 fully saturated rings. The van der Waals surface area contributed by atoms with Crippen molar-refractivity contribution in [2.75, 3.05) is 20.2 Å². The fourth-order valence-corrected chi connectivity index (χ4v) is 3.62. The van der Waals surface area contributed by atoms with Crippen LogP contribution in [0.25, 0.3) is 0 Å². The molecule has 148 valence electrons. The molecule has 2 aromatic rings. The van der Waals surface area contributed by atoms with Crippen LogP contribution in [0.4, 0.5) is 4.39 Å². The number of amides is 2. The Morgan fingerprint density at radius 3 is 2.46 bits per heavy atom. The van der Waals surface area contributed by atoms with Crippen molar-refractivity contribution < 1.29 is 18.7 Å². The van der Waals surface area contributed by atoms with Gasteiger partial charge in [-0.2, -0.15) is 0 Å². The normalized spacial score (nSPS) is 19.0. The lowest BCUT2D eigenvalue weighted by Gasteiger charge is -2.19. The Kier molecular flexibility index (Phi) is 5.97. The highest BCUT2D eigenvalue weighted by Gasteiger charge is 2.40. The molecule has 2 atom stereocenters. The van der Waals surface area contributed by atoms with Crippen molar-refractivity contribution in [2.45, 2.75) is 25.8 Å². The van der Waals surface area contributed by atoms with Crippen molar-refractivity contribution >= 4 is 11.8 Å². The van der Waals surface area contributed by atoms with Gasteiger partial charge in [-0.15, -0.1) is 0 Å². The van der Waals surface area contributed by atoms with Crippen LogP contribution in [0.5, 0.6) is 5.75 Å². The van der Waals surface area contributed by atoms with Gasteiger partial charge in [0.2, 0.25) is 5.91 Å². The lowest BCUT2D eigenvalue weighted by atomic mass is 9.88. The van der Waals surface area contributed by atoms with Crippen LogP contribution in [0, 0.1) is 11.7 Å². The number of benzene rings is 2. The number of nitrogens with zero attached hydrogens (tertiary/aromatic N) is 1. The molecular weight excluding hydrogens is 359 g/mol. The zero-order valence-corrected chi connectivity index (χ0v) is 16.3. The summed E-state index contributed by atoms with van der Waals surface area (Å²) in [4.78, 5) is 27.4. The summed E-state index contributed by atoms with van der Waals surface area (Å²) in [5.74, 6) is -0.619. The molecule has 1 aliphatic rings. The lowest BCUT2D eigenvalue weighted by molar-refractivity contribution is -0.125. The summed E-state index contributed by atoms with van der Waals surface area (Å²) in [5.41, 5.74) is 1.26. The Labute approximate surface area is 164 Å². The quantitative estimate of drug-likeness (QED) is 0.861. The number of carbonyl (C=O) groups excluding carboxylic acids is 2. The van der Waals surface area contributed by atoms with Gasteiger partial charge in [0, 0.05) is 30.6 Å². The Bertz CT molecular complexity index is 851. The predicted octanol–water partition coefficient (Wildman–Crippen LogP) is 3.21. The first-order valence-corrected chi connectivity index (χ1v) is 9.38. The maximum Gasteiger partial charge on any atom is 0.253 e. The second-order valence-electron chi connectivity index (χ2n) is 7.37. The largest absolute Gasteiger partial charge is 0.497 e. The molecule has 2 amide bonds. The average molecular weight is 384 g/mol. The van der Waals surface area contributed by atoms with Crippen molar-refractivity contribution in [1.29, 1.82) is 0 Å². The summed E-state index contributed by atoms with van der Waals surface area (Å²) in [6.07, 6.45) is 0.